The number of methoxy groups -OCH3 is 1. The maximum absolute atomic E-state index is 11.7. The van der Waals surface area contributed by atoms with Gasteiger partial charge in [-0.2, -0.15) is 5.10 Å². The molecule has 2 rings (SSSR count). The number of hydrogen-bond donors (Lipinski definition) is 2. The van der Waals surface area contributed by atoms with Gasteiger partial charge in [0.05, 0.1) is 25.6 Å². The third-order valence-electron chi connectivity index (χ3n) is 2.63. The van der Waals surface area contributed by atoms with Crippen LogP contribution in [0.2, 0.25) is 0 Å². The van der Waals surface area contributed by atoms with E-state index < -0.39 is 0 Å². The fourth-order valence-electron chi connectivity index (χ4n) is 1.64. The molecule has 2 N–H and O–H groups in total. The molecule has 0 aliphatic rings. The van der Waals surface area contributed by atoms with Crippen LogP contribution in [0.5, 0.6) is 5.75 Å². The highest BCUT2D eigenvalue weighted by Crippen LogP contribution is 2.22. The van der Waals surface area contributed by atoms with Gasteiger partial charge in [-0.3, -0.25) is 9.78 Å². The summed E-state index contributed by atoms with van der Waals surface area (Å²) in [5.41, 5.74) is 4.01. The standard InChI is InChI=1S/C15H16N4O2/c1-21-14-7-3-2-6-13(14)17-11-15(20)19-18-10-12-5-4-8-16-9-12/h2-10,17H,11H2,1H3,(H,19,20). The molecule has 6 nitrogen and oxygen atoms in total. The van der Waals surface area contributed by atoms with Gasteiger partial charge in [0.2, 0.25) is 0 Å². The third-order valence-corrected chi connectivity index (χ3v) is 2.63. The normalized spacial score (nSPS) is 10.3. The van der Waals surface area contributed by atoms with Gasteiger partial charge in [-0.1, -0.05) is 18.2 Å². The fraction of sp³-hybridized carbons (Fsp3) is 0.133. The zero-order chi connectivity index (χ0) is 14.9. The van der Waals surface area contributed by atoms with Gasteiger partial charge in [-0.05, 0) is 18.2 Å². The number of hydrazone groups is 1. The monoisotopic (exact) mass is 284 g/mol. The molecule has 1 amide bonds. The lowest BCUT2D eigenvalue weighted by atomic mass is 10.3. The average molecular weight is 284 g/mol. The number of aromatic nitrogens is 1. The lowest BCUT2D eigenvalue weighted by Gasteiger charge is -2.09. The largest absolute Gasteiger partial charge is 0.495 e. The molecular formula is C15H16N4O2. The van der Waals surface area contributed by atoms with Crippen LogP contribution in [0.4, 0.5) is 5.69 Å². The van der Waals surface area contributed by atoms with E-state index in [0.717, 1.165) is 11.3 Å². The Morgan fingerprint density at radius 1 is 1.33 bits per heavy atom. The van der Waals surface area contributed by atoms with Crippen LogP contribution in [0, 0.1) is 0 Å². The van der Waals surface area contributed by atoms with Gasteiger partial charge in [-0.25, -0.2) is 5.43 Å². The van der Waals surface area contributed by atoms with Crippen molar-refractivity contribution in [1.29, 1.82) is 0 Å². The Morgan fingerprint density at radius 3 is 2.95 bits per heavy atom. The number of carbonyl (C=O) groups is 1. The highest BCUT2D eigenvalue weighted by Gasteiger charge is 2.03. The van der Waals surface area contributed by atoms with Crippen LogP contribution in [-0.4, -0.2) is 30.8 Å². The number of nitrogens with one attached hydrogen (secondary N) is 2. The summed E-state index contributed by atoms with van der Waals surface area (Å²) in [6.45, 7) is 0.102. The van der Waals surface area contributed by atoms with E-state index in [4.69, 9.17) is 4.74 Å². The van der Waals surface area contributed by atoms with Gasteiger partial charge >= 0.3 is 0 Å². The van der Waals surface area contributed by atoms with Crippen molar-refractivity contribution in [2.24, 2.45) is 5.10 Å². The summed E-state index contributed by atoms with van der Waals surface area (Å²) in [5.74, 6) is 0.435. The molecule has 1 heterocycles. The number of rotatable bonds is 6. The predicted octanol–water partition coefficient (Wildman–Crippen LogP) is 1.65. The van der Waals surface area contributed by atoms with E-state index in [2.05, 4.69) is 20.8 Å². The quantitative estimate of drug-likeness (QED) is 0.625. The van der Waals surface area contributed by atoms with Crippen LogP contribution in [-0.2, 0) is 4.79 Å². The van der Waals surface area contributed by atoms with Gasteiger partial charge in [0.25, 0.3) is 5.91 Å². The SMILES string of the molecule is COc1ccccc1NCC(=O)NN=Cc1cccnc1. The first-order chi connectivity index (χ1) is 10.3. The molecule has 0 bridgehead atoms. The van der Waals surface area contributed by atoms with E-state index >= 15 is 0 Å². The predicted molar refractivity (Wildman–Crippen MR) is 81.5 cm³/mol. The number of amides is 1. The van der Waals surface area contributed by atoms with E-state index in [0.29, 0.717) is 5.75 Å². The Labute approximate surface area is 122 Å². The molecule has 108 valence electrons. The van der Waals surface area contributed by atoms with E-state index in [1.807, 2.05) is 30.3 Å². The van der Waals surface area contributed by atoms with Crippen molar-refractivity contribution in [2.75, 3.05) is 19.0 Å². The lowest BCUT2D eigenvalue weighted by molar-refractivity contribution is -0.119. The lowest BCUT2D eigenvalue weighted by Crippen LogP contribution is -2.26. The van der Waals surface area contributed by atoms with Crippen LogP contribution >= 0.6 is 0 Å². The minimum atomic E-state index is -0.249. The summed E-state index contributed by atoms with van der Waals surface area (Å²) in [4.78, 5) is 15.6. The summed E-state index contributed by atoms with van der Waals surface area (Å²) in [5, 5.41) is 6.85. The second-order valence-corrected chi connectivity index (χ2v) is 4.13. The Hall–Kier alpha value is -2.89. The molecule has 21 heavy (non-hydrogen) atoms. The van der Waals surface area contributed by atoms with Crippen LogP contribution in [0.25, 0.3) is 0 Å². The molecule has 0 saturated carbocycles. The molecule has 0 radical (unpaired) electrons. The van der Waals surface area contributed by atoms with Crippen LogP contribution in [0.1, 0.15) is 5.56 Å². The number of pyridine rings is 1. The van der Waals surface area contributed by atoms with Crippen LogP contribution in [0.15, 0.2) is 53.9 Å². The molecular weight excluding hydrogens is 268 g/mol. The van der Waals surface area contributed by atoms with Crippen LogP contribution in [0.3, 0.4) is 0 Å². The average Bonchev–Trinajstić information content (AvgIpc) is 2.54. The van der Waals surface area contributed by atoms with E-state index in [1.165, 1.54) is 6.21 Å². The molecule has 2 aromatic rings. The van der Waals surface area contributed by atoms with Crippen molar-refractivity contribution < 1.29 is 9.53 Å². The molecule has 6 heteroatoms. The van der Waals surface area contributed by atoms with Gasteiger partial charge in [0, 0.05) is 18.0 Å². The van der Waals surface area contributed by atoms with E-state index in [-0.39, 0.29) is 12.5 Å². The third kappa shape index (κ3) is 4.61. The summed E-state index contributed by atoms with van der Waals surface area (Å²) in [6.07, 6.45) is 4.86. The Balaban J connectivity index is 1.81. The minimum absolute atomic E-state index is 0.102. The zero-order valence-corrected chi connectivity index (χ0v) is 11.6. The zero-order valence-electron chi connectivity index (χ0n) is 11.6. The molecule has 0 spiro atoms. The van der Waals surface area contributed by atoms with Crippen molar-refractivity contribution in [3.8, 4) is 5.75 Å². The number of anilines is 1. The van der Waals surface area contributed by atoms with Crippen molar-refractivity contribution in [3.63, 3.8) is 0 Å². The summed E-state index contributed by atoms with van der Waals surface area (Å²) in [7, 11) is 1.58. The van der Waals surface area contributed by atoms with Gasteiger partial charge in [-0.15, -0.1) is 0 Å². The first-order valence-corrected chi connectivity index (χ1v) is 6.38. The minimum Gasteiger partial charge on any atom is -0.495 e. The number of benzene rings is 1. The molecule has 0 aliphatic carbocycles. The summed E-state index contributed by atoms with van der Waals surface area (Å²) < 4.78 is 5.19. The molecule has 0 aliphatic heterocycles. The van der Waals surface area contributed by atoms with E-state index in [1.54, 1.807) is 25.6 Å². The molecule has 0 unspecified atom stereocenters. The maximum Gasteiger partial charge on any atom is 0.259 e. The van der Waals surface area contributed by atoms with Crippen molar-refractivity contribution >= 4 is 17.8 Å². The summed E-state index contributed by atoms with van der Waals surface area (Å²) in [6, 6.07) is 11.0. The second-order valence-electron chi connectivity index (χ2n) is 4.13. The van der Waals surface area contributed by atoms with Crippen molar-refractivity contribution in [3.05, 3.63) is 54.4 Å². The molecule has 0 saturated heterocycles. The molecule has 0 fully saturated rings. The molecule has 1 aromatic heterocycles. The second kappa shape index (κ2) is 7.64. The van der Waals surface area contributed by atoms with Gasteiger partial charge in [0.1, 0.15) is 5.75 Å². The highest BCUT2D eigenvalue weighted by atomic mass is 16.5. The number of hydrogen-bond acceptors (Lipinski definition) is 5. The highest BCUT2D eigenvalue weighted by molar-refractivity contribution is 5.84. The Bertz CT molecular complexity index is 614. The van der Waals surface area contributed by atoms with Gasteiger partial charge < -0.3 is 10.1 Å². The smallest absolute Gasteiger partial charge is 0.259 e. The topological polar surface area (TPSA) is 75.6 Å². The fourth-order valence-corrected chi connectivity index (χ4v) is 1.64. The Morgan fingerprint density at radius 2 is 2.19 bits per heavy atom. The van der Waals surface area contributed by atoms with Crippen molar-refractivity contribution in [1.82, 2.24) is 10.4 Å². The molecule has 1 aromatic carbocycles. The maximum atomic E-state index is 11.7. The summed E-state index contributed by atoms with van der Waals surface area (Å²) >= 11 is 0. The number of nitrogens with zero attached hydrogens (tertiary/aromatic N) is 2. The molecule has 0 atom stereocenters. The van der Waals surface area contributed by atoms with E-state index in [9.17, 15) is 4.79 Å². The van der Waals surface area contributed by atoms with Crippen molar-refractivity contribution in [2.45, 2.75) is 0 Å². The number of ether oxygens (including phenoxy) is 1. The number of para-hydroxylation sites is 2. The number of carbonyl (C=O) groups excluding carboxylic acids is 1. The first-order valence-electron chi connectivity index (χ1n) is 6.38. The van der Waals surface area contributed by atoms with Crippen LogP contribution < -0.4 is 15.5 Å². The first kappa shape index (κ1) is 14.5. The van der Waals surface area contributed by atoms with Gasteiger partial charge in [0.15, 0.2) is 0 Å². The Kier molecular flexibility index (Phi) is 5.28.